The second-order valence-electron chi connectivity index (χ2n) is 7.81. The summed E-state index contributed by atoms with van der Waals surface area (Å²) in [6.07, 6.45) is 3.18. The molecule has 2 aromatic carbocycles. The maximum absolute atomic E-state index is 12.9. The molecule has 4 rings (SSSR count). The molecule has 0 amide bonds. The molecule has 0 aliphatic heterocycles. The minimum atomic E-state index is 0.0512. The molecule has 0 spiro atoms. The summed E-state index contributed by atoms with van der Waals surface area (Å²) in [7, 11) is 0. The van der Waals surface area contributed by atoms with Gasteiger partial charge in [-0.1, -0.05) is 45.0 Å². The van der Waals surface area contributed by atoms with Gasteiger partial charge < -0.3 is 8.83 Å². The van der Waals surface area contributed by atoms with E-state index < -0.39 is 0 Å². The predicted molar refractivity (Wildman–Crippen MR) is 109 cm³/mol. The van der Waals surface area contributed by atoms with Gasteiger partial charge in [-0.15, -0.1) is 0 Å². The van der Waals surface area contributed by atoms with Crippen LogP contribution in [0.2, 0.25) is 0 Å². The number of furan rings is 1. The molecule has 4 aromatic rings. The molecule has 2 heterocycles. The SMILES string of the molecule is CC(C)Cc1ccc2c(=O)c(CC(C)c3cc4ccccc4o3)coc2c1. The van der Waals surface area contributed by atoms with Crippen LogP contribution in [0.1, 0.15) is 43.6 Å². The normalized spacial score (nSPS) is 12.9. The Balaban J connectivity index is 1.63. The molecule has 3 heteroatoms. The molecule has 0 aliphatic carbocycles. The molecule has 27 heavy (non-hydrogen) atoms. The zero-order chi connectivity index (χ0) is 19.0. The summed E-state index contributed by atoms with van der Waals surface area (Å²) in [4.78, 5) is 12.9. The predicted octanol–water partition coefficient (Wildman–Crippen LogP) is 6.08. The van der Waals surface area contributed by atoms with Crippen molar-refractivity contribution in [1.82, 2.24) is 0 Å². The molecule has 0 aliphatic rings. The van der Waals surface area contributed by atoms with Crippen LogP contribution in [0, 0.1) is 5.92 Å². The highest BCUT2D eigenvalue weighted by Crippen LogP contribution is 2.27. The Bertz CT molecular complexity index is 1110. The van der Waals surface area contributed by atoms with Crippen molar-refractivity contribution < 1.29 is 8.83 Å². The Labute approximate surface area is 158 Å². The van der Waals surface area contributed by atoms with E-state index in [2.05, 4.69) is 26.8 Å². The molecule has 0 N–H and O–H groups in total. The van der Waals surface area contributed by atoms with Crippen LogP contribution >= 0.6 is 0 Å². The third-order valence-corrected chi connectivity index (χ3v) is 5.01. The first kappa shape index (κ1) is 17.6. The van der Waals surface area contributed by atoms with Crippen molar-refractivity contribution in [3.05, 3.63) is 81.9 Å². The zero-order valence-corrected chi connectivity index (χ0v) is 16.0. The van der Waals surface area contributed by atoms with Crippen LogP contribution in [0.4, 0.5) is 0 Å². The van der Waals surface area contributed by atoms with Crippen LogP contribution in [0.25, 0.3) is 21.9 Å². The van der Waals surface area contributed by atoms with Crippen molar-refractivity contribution in [2.24, 2.45) is 5.92 Å². The van der Waals surface area contributed by atoms with Crippen molar-refractivity contribution in [3.63, 3.8) is 0 Å². The maximum atomic E-state index is 12.9. The Kier molecular flexibility index (Phi) is 4.61. The lowest BCUT2D eigenvalue weighted by atomic mass is 9.97. The van der Waals surface area contributed by atoms with Crippen molar-refractivity contribution in [1.29, 1.82) is 0 Å². The summed E-state index contributed by atoms with van der Waals surface area (Å²) in [5.74, 6) is 1.55. The van der Waals surface area contributed by atoms with Crippen molar-refractivity contribution in [2.75, 3.05) is 0 Å². The van der Waals surface area contributed by atoms with Gasteiger partial charge in [0.15, 0.2) is 5.43 Å². The molecule has 2 aromatic heterocycles. The van der Waals surface area contributed by atoms with Gasteiger partial charge in [0.25, 0.3) is 0 Å². The Morgan fingerprint density at radius 3 is 2.52 bits per heavy atom. The van der Waals surface area contributed by atoms with E-state index in [9.17, 15) is 4.79 Å². The summed E-state index contributed by atoms with van der Waals surface area (Å²) >= 11 is 0. The van der Waals surface area contributed by atoms with Crippen LogP contribution in [-0.4, -0.2) is 0 Å². The Morgan fingerprint density at radius 2 is 1.74 bits per heavy atom. The van der Waals surface area contributed by atoms with Gasteiger partial charge in [-0.3, -0.25) is 4.79 Å². The van der Waals surface area contributed by atoms with Gasteiger partial charge in [-0.05, 0) is 48.6 Å². The number of para-hydroxylation sites is 1. The number of benzene rings is 2. The topological polar surface area (TPSA) is 43.4 Å². The van der Waals surface area contributed by atoms with E-state index in [1.165, 1.54) is 5.56 Å². The first-order valence-corrected chi connectivity index (χ1v) is 9.53. The highest BCUT2D eigenvalue weighted by Gasteiger charge is 2.16. The first-order chi connectivity index (χ1) is 13.0. The maximum Gasteiger partial charge on any atom is 0.195 e. The third kappa shape index (κ3) is 3.55. The molecule has 1 unspecified atom stereocenters. The van der Waals surface area contributed by atoms with Gasteiger partial charge in [-0.2, -0.15) is 0 Å². The molecular weight excluding hydrogens is 336 g/mol. The molecule has 0 saturated carbocycles. The minimum Gasteiger partial charge on any atom is -0.464 e. The summed E-state index contributed by atoms with van der Waals surface area (Å²) in [5.41, 5.74) is 3.48. The summed E-state index contributed by atoms with van der Waals surface area (Å²) in [5, 5.41) is 1.74. The fourth-order valence-electron chi connectivity index (χ4n) is 3.63. The Morgan fingerprint density at radius 1 is 0.926 bits per heavy atom. The Hall–Kier alpha value is -2.81. The van der Waals surface area contributed by atoms with E-state index in [4.69, 9.17) is 8.83 Å². The second-order valence-corrected chi connectivity index (χ2v) is 7.81. The van der Waals surface area contributed by atoms with Gasteiger partial charge in [0.2, 0.25) is 0 Å². The third-order valence-electron chi connectivity index (χ3n) is 5.01. The number of rotatable bonds is 5. The fourth-order valence-corrected chi connectivity index (χ4v) is 3.63. The molecule has 0 saturated heterocycles. The zero-order valence-electron chi connectivity index (χ0n) is 16.0. The molecule has 0 bridgehead atoms. The molecular formula is C24H24O3. The van der Waals surface area contributed by atoms with Crippen LogP contribution < -0.4 is 5.43 Å². The quantitative estimate of drug-likeness (QED) is 0.433. The number of hydrogen-bond donors (Lipinski definition) is 0. The van der Waals surface area contributed by atoms with E-state index >= 15 is 0 Å². The lowest BCUT2D eigenvalue weighted by Gasteiger charge is -2.09. The molecule has 0 fully saturated rings. The van der Waals surface area contributed by atoms with Crippen molar-refractivity contribution in [2.45, 2.75) is 39.5 Å². The standard InChI is InChI=1S/C24H24O3/c1-15(2)10-17-8-9-20-23(12-17)26-14-19(24(20)25)11-16(3)22-13-18-6-4-5-7-21(18)27-22/h4-9,12-16H,10-11H2,1-3H3. The van der Waals surface area contributed by atoms with Crippen LogP contribution in [0.15, 0.2) is 68.4 Å². The molecule has 3 nitrogen and oxygen atoms in total. The summed E-state index contributed by atoms with van der Waals surface area (Å²) < 4.78 is 11.8. The van der Waals surface area contributed by atoms with E-state index in [1.807, 2.05) is 42.5 Å². The van der Waals surface area contributed by atoms with E-state index in [-0.39, 0.29) is 11.3 Å². The lowest BCUT2D eigenvalue weighted by molar-refractivity contribution is 0.499. The highest BCUT2D eigenvalue weighted by molar-refractivity contribution is 5.78. The average molecular weight is 360 g/mol. The van der Waals surface area contributed by atoms with E-state index in [0.717, 1.165) is 23.2 Å². The molecule has 138 valence electrons. The average Bonchev–Trinajstić information content (AvgIpc) is 3.08. The van der Waals surface area contributed by atoms with Gasteiger partial charge in [0, 0.05) is 16.9 Å². The van der Waals surface area contributed by atoms with Crippen molar-refractivity contribution in [3.8, 4) is 0 Å². The largest absolute Gasteiger partial charge is 0.464 e. The monoisotopic (exact) mass is 360 g/mol. The molecule has 0 radical (unpaired) electrons. The fraction of sp³-hybridized carbons (Fsp3) is 0.292. The van der Waals surface area contributed by atoms with Crippen LogP contribution in [0.5, 0.6) is 0 Å². The smallest absolute Gasteiger partial charge is 0.195 e. The highest BCUT2D eigenvalue weighted by atomic mass is 16.3. The number of fused-ring (bicyclic) bond motifs is 2. The minimum absolute atomic E-state index is 0.0512. The summed E-state index contributed by atoms with van der Waals surface area (Å²) in [6, 6.07) is 15.9. The van der Waals surface area contributed by atoms with E-state index in [1.54, 1.807) is 6.26 Å². The van der Waals surface area contributed by atoms with Crippen LogP contribution in [0.3, 0.4) is 0 Å². The lowest BCUT2D eigenvalue weighted by Crippen LogP contribution is -2.11. The van der Waals surface area contributed by atoms with Crippen LogP contribution in [-0.2, 0) is 12.8 Å². The van der Waals surface area contributed by atoms with Gasteiger partial charge >= 0.3 is 0 Å². The van der Waals surface area contributed by atoms with Gasteiger partial charge in [0.1, 0.15) is 16.9 Å². The van der Waals surface area contributed by atoms with Gasteiger partial charge in [0.05, 0.1) is 11.6 Å². The first-order valence-electron chi connectivity index (χ1n) is 9.53. The van der Waals surface area contributed by atoms with Gasteiger partial charge in [-0.25, -0.2) is 0 Å². The second kappa shape index (κ2) is 7.07. The van der Waals surface area contributed by atoms with Crippen molar-refractivity contribution >= 4 is 21.9 Å². The number of hydrogen-bond acceptors (Lipinski definition) is 3. The van der Waals surface area contributed by atoms with E-state index in [0.29, 0.717) is 28.9 Å². The summed E-state index contributed by atoms with van der Waals surface area (Å²) in [6.45, 7) is 6.44. The molecule has 1 atom stereocenters.